The molecule has 1 heterocycles. The van der Waals surface area contributed by atoms with E-state index < -0.39 is 18.1 Å². The van der Waals surface area contributed by atoms with Gasteiger partial charge in [0, 0.05) is 16.8 Å². The monoisotopic (exact) mass is 365 g/mol. The standard InChI is InChI=1S/C16H10F3N3O4/c17-16(18,19)15(24)26-22-13(23)9-3-6-12-11(7-9)21-14(25-12)8-1-4-10(20)5-2-8/h1-7H,20H2,(H,22,23). The molecule has 0 bridgehead atoms. The molecular weight excluding hydrogens is 355 g/mol. The quantitative estimate of drug-likeness (QED) is 0.534. The van der Waals surface area contributed by atoms with Crippen molar-refractivity contribution < 1.29 is 32.0 Å². The Morgan fingerprint density at radius 2 is 1.81 bits per heavy atom. The van der Waals surface area contributed by atoms with Gasteiger partial charge in [-0.2, -0.15) is 18.7 Å². The second kappa shape index (κ2) is 6.39. The number of anilines is 1. The van der Waals surface area contributed by atoms with Crippen molar-refractivity contribution in [2.24, 2.45) is 0 Å². The number of nitrogens with zero attached hydrogens (tertiary/aromatic N) is 1. The van der Waals surface area contributed by atoms with Crippen LogP contribution in [-0.2, 0) is 9.63 Å². The molecule has 0 atom stereocenters. The highest BCUT2D eigenvalue weighted by atomic mass is 19.4. The number of hydrogen-bond donors (Lipinski definition) is 2. The summed E-state index contributed by atoms with van der Waals surface area (Å²) in [4.78, 5) is 30.3. The van der Waals surface area contributed by atoms with Gasteiger partial charge in [-0.25, -0.2) is 9.78 Å². The van der Waals surface area contributed by atoms with E-state index in [9.17, 15) is 22.8 Å². The van der Waals surface area contributed by atoms with E-state index in [1.807, 2.05) is 0 Å². The van der Waals surface area contributed by atoms with Crippen molar-refractivity contribution in [3.05, 3.63) is 48.0 Å². The Balaban J connectivity index is 1.79. The average Bonchev–Trinajstić information content (AvgIpc) is 3.02. The van der Waals surface area contributed by atoms with E-state index in [4.69, 9.17) is 10.2 Å². The molecule has 0 saturated carbocycles. The highest BCUT2D eigenvalue weighted by Gasteiger charge is 2.42. The lowest BCUT2D eigenvalue weighted by Crippen LogP contribution is -2.34. The van der Waals surface area contributed by atoms with E-state index in [-0.39, 0.29) is 11.5 Å². The molecule has 0 radical (unpaired) electrons. The fourth-order valence-corrected chi connectivity index (χ4v) is 2.03. The Bertz CT molecular complexity index is 981. The number of hydroxylamine groups is 1. The van der Waals surface area contributed by atoms with Gasteiger partial charge in [-0.3, -0.25) is 4.79 Å². The van der Waals surface area contributed by atoms with Crippen LogP contribution in [0.5, 0.6) is 0 Å². The van der Waals surface area contributed by atoms with Crippen molar-refractivity contribution in [1.82, 2.24) is 10.5 Å². The second-order valence-electron chi connectivity index (χ2n) is 5.14. The van der Waals surface area contributed by atoms with E-state index in [1.165, 1.54) is 23.7 Å². The second-order valence-corrected chi connectivity index (χ2v) is 5.14. The van der Waals surface area contributed by atoms with Crippen LogP contribution in [0.15, 0.2) is 46.9 Å². The minimum atomic E-state index is -5.21. The number of oxazole rings is 1. The van der Waals surface area contributed by atoms with Crippen LogP contribution in [0.25, 0.3) is 22.6 Å². The van der Waals surface area contributed by atoms with Crippen LogP contribution in [-0.4, -0.2) is 23.0 Å². The summed E-state index contributed by atoms with van der Waals surface area (Å²) in [5.41, 5.74) is 8.86. The lowest BCUT2D eigenvalue weighted by molar-refractivity contribution is -0.204. The first-order valence-electron chi connectivity index (χ1n) is 7.09. The molecule has 0 unspecified atom stereocenters. The molecule has 3 N–H and O–H groups in total. The van der Waals surface area contributed by atoms with Crippen molar-refractivity contribution in [3.8, 4) is 11.5 Å². The highest BCUT2D eigenvalue weighted by molar-refractivity contribution is 5.97. The molecule has 2 aromatic carbocycles. The molecule has 7 nitrogen and oxygen atoms in total. The molecule has 0 aliphatic rings. The zero-order chi connectivity index (χ0) is 18.9. The molecule has 0 spiro atoms. The van der Waals surface area contributed by atoms with Gasteiger partial charge in [0.05, 0.1) is 0 Å². The van der Waals surface area contributed by atoms with E-state index in [1.54, 1.807) is 24.3 Å². The zero-order valence-electron chi connectivity index (χ0n) is 12.8. The summed E-state index contributed by atoms with van der Waals surface area (Å²) in [6.45, 7) is 0. The van der Waals surface area contributed by atoms with Crippen molar-refractivity contribution in [2.45, 2.75) is 6.18 Å². The minimum Gasteiger partial charge on any atom is -0.436 e. The molecule has 0 saturated heterocycles. The molecule has 134 valence electrons. The van der Waals surface area contributed by atoms with Gasteiger partial charge < -0.3 is 15.0 Å². The minimum absolute atomic E-state index is 0.0652. The number of alkyl halides is 3. The summed E-state index contributed by atoms with van der Waals surface area (Å²) >= 11 is 0. The van der Waals surface area contributed by atoms with Gasteiger partial charge in [0.2, 0.25) is 5.89 Å². The Kier molecular flexibility index (Phi) is 4.24. The van der Waals surface area contributed by atoms with Gasteiger partial charge in [-0.15, -0.1) is 0 Å². The first-order valence-corrected chi connectivity index (χ1v) is 7.09. The highest BCUT2D eigenvalue weighted by Crippen LogP contribution is 2.25. The third kappa shape index (κ3) is 3.58. The Hall–Kier alpha value is -3.56. The van der Waals surface area contributed by atoms with E-state index in [0.29, 0.717) is 22.4 Å². The van der Waals surface area contributed by atoms with Crippen LogP contribution in [0.2, 0.25) is 0 Å². The van der Waals surface area contributed by atoms with Crippen molar-refractivity contribution in [2.75, 3.05) is 5.73 Å². The SMILES string of the molecule is Nc1ccc(-c2nc3cc(C(=O)NOC(=O)C(F)(F)F)ccc3o2)cc1. The lowest BCUT2D eigenvalue weighted by atomic mass is 10.2. The number of carbonyl (C=O) groups is 2. The largest absolute Gasteiger partial charge is 0.493 e. The third-order valence-corrected chi connectivity index (χ3v) is 3.28. The van der Waals surface area contributed by atoms with Crippen LogP contribution < -0.4 is 11.2 Å². The van der Waals surface area contributed by atoms with Crippen molar-refractivity contribution in [1.29, 1.82) is 0 Å². The molecule has 10 heteroatoms. The summed E-state index contributed by atoms with van der Waals surface area (Å²) in [5.74, 6) is -3.29. The fourth-order valence-electron chi connectivity index (χ4n) is 2.03. The number of carbonyl (C=O) groups excluding carboxylic acids is 2. The number of nitrogen functional groups attached to an aromatic ring is 1. The number of fused-ring (bicyclic) bond motifs is 1. The van der Waals surface area contributed by atoms with Crippen LogP contribution in [0.4, 0.5) is 18.9 Å². The number of hydrogen-bond acceptors (Lipinski definition) is 6. The molecule has 0 fully saturated rings. The Labute approximate surface area is 143 Å². The van der Waals surface area contributed by atoms with Gasteiger partial charge in [0.1, 0.15) is 5.52 Å². The summed E-state index contributed by atoms with van der Waals surface area (Å²) in [5, 5.41) is 0. The Morgan fingerprint density at radius 1 is 1.12 bits per heavy atom. The molecule has 26 heavy (non-hydrogen) atoms. The molecule has 0 aliphatic carbocycles. The summed E-state index contributed by atoms with van der Waals surface area (Å²) < 4.78 is 41.7. The zero-order valence-corrected chi connectivity index (χ0v) is 12.8. The Morgan fingerprint density at radius 3 is 2.46 bits per heavy atom. The van der Waals surface area contributed by atoms with Gasteiger partial charge in [0.25, 0.3) is 5.91 Å². The predicted octanol–water partition coefficient (Wildman–Crippen LogP) is 2.83. The van der Waals surface area contributed by atoms with Gasteiger partial charge >= 0.3 is 12.1 Å². The molecule has 3 aromatic rings. The van der Waals surface area contributed by atoms with Crippen molar-refractivity contribution in [3.63, 3.8) is 0 Å². The van der Waals surface area contributed by atoms with Crippen LogP contribution >= 0.6 is 0 Å². The maximum absolute atomic E-state index is 12.0. The molecular formula is C16H10F3N3O4. The maximum Gasteiger partial charge on any atom is 0.493 e. The number of nitrogens with two attached hydrogens (primary N) is 1. The molecule has 1 aromatic heterocycles. The van der Waals surface area contributed by atoms with Crippen LogP contribution in [0, 0.1) is 0 Å². The van der Waals surface area contributed by atoms with Gasteiger partial charge in [-0.1, -0.05) is 0 Å². The number of benzene rings is 2. The van der Waals surface area contributed by atoms with E-state index in [2.05, 4.69) is 9.82 Å². The number of halogens is 3. The summed E-state index contributed by atoms with van der Waals surface area (Å²) in [6.07, 6.45) is -5.21. The smallest absolute Gasteiger partial charge is 0.436 e. The summed E-state index contributed by atoms with van der Waals surface area (Å²) in [6, 6.07) is 10.7. The maximum atomic E-state index is 12.0. The van der Waals surface area contributed by atoms with E-state index >= 15 is 0 Å². The molecule has 1 amide bonds. The number of aromatic nitrogens is 1. The van der Waals surface area contributed by atoms with Crippen molar-refractivity contribution >= 4 is 28.7 Å². The molecule has 3 rings (SSSR count). The van der Waals surface area contributed by atoms with Crippen LogP contribution in [0.1, 0.15) is 10.4 Å². The third-order valence-electron chi connectivity index (χ3n) is 3.28. The molecule has 0 aliphatic heterocycles. The number of rotatable bonds is 2. The normalized spacial score (nSPS) is 11.3. The predicted molar refractivity (Wildman–Crippen MR) is 83.5 cm³/mol. The van der Waals surface area contributed by atoms with Gasteiger partial charge in [0.15, 0.2) is 5.58 Å². The topological polar surface area (TPSA) is 107 Å². The average molecular weight is 365 g/mol. The van der Waals surface area contributed by atoms with E-state index in [0.717, 1.165) is 0 Å². The summed E-state index contributed by atoms with van der Waals surface area (Å²) in [7, 11) is 0. The lowest BCUT2D eigenvalue weighted by Gasteiger charge is -2.07. The number of nitrogens with one attached hydrogen (secondary N) is 1. The van der Waals surface area contributed by atoms with Crippen LogP contribution in [0.3, 0.4) is 0 Å². The first-order chi connectivity index (χ1) is 12.2. The number of amides is 1. The van der Waals surface area contributed by atoms with Gasteiger partial charge in [-0.05, 0) is 42.5 Å². The first kappa shape index (κ1) is 17.3. The fraction of sp³-hybridized carbons (Fsp3) is 0.0625.